The molecule has 3 heteroatoms. The molecular weight excluding hydrogens is 280 g/mol. The molecule has 0 aromatic heterocycles. The third kappa shape index (κ3) is 3.22. The molecule has 0 bridgehead atoms. The van der Waals surface area contributed by atoms with Crippen molar-refractivity contribution in [1.29, 1.82) is 0 Å². The van der Waals surface area contributed by atoms with Crippen molar-refractivity contribution in [3.8, 4) is 0 Å². The predicted molar refractivity (Wildman–Crippen MR) is 91.1 cm³/mol. The second-order valence-corrected chi connectivity index (χ2v) is 7.16. The third-order valence-corrected chi connectivity index (χ3v) is 5.64. The second kappa shape index (κ2) is 6.58. The first kappa shape index (κ1) is 15.2. The van der Waals surface area contributed by atoms with E-state index in [2.05, 4.69) is 30.0 Å². The number of anilines is 1. The van der Waals surface area contributed by atoms with Crippen molar-refractivity contribution in [3.63, 3.8) is 0 Å². The average Bonchev–Trinajstić information content (AvgIpc) is 2.96. The van der Waals surface area contributed by atoms with Crippen LogP contribution in [0.4, 0.5) is 5.69 Å². The minimum Gasteiger partial charge on any atom is -0.367 e. The van der Waals surface area contributed by atoms with E-state index in [1.54, 1.807) is 0 Å². The Hall–Kier alpha value is -0.730. The van der Waals surface area contributed by atoms with Crippen LogP contribution < -0.4 is 10.6 Å². The van der Waals surface area contributed by atoms with Gasteiger partial charge in [0.05, 0.1) is 10.7 Å². The van der Waals surface area contributed by atoms with Gasteiger partial charge in [0.15, 0.2) is 0 Å². The van der Waals surface area contributed by atoms with Crippen LogP contribution in [0.15, 0.2) is 18.2 Å². The summed E-state index contributed by atoms with van der Waals surface area (Å²) in [6.07, 6.45) is 8.76. The van der Waals surface area contributed by atoms with E-state index in [4.69, 9.17) is 17.3 Å². The summed E-state index contributed by atoms with van der Waals surface area (Å²) in [4.78, 5) is 2.58. The standard InChI is InChI=1S/C18H27ClN2/c1-2-15(20)11-13-8-9-18(16(19)12-13)21-10-4-6-14-5-3-7-17(14)21/h8-9,12,14-15,17H,2-7,10-11,20H2,1H3. The Morgan fingerprint density at radius 2 is 2.10 bits per heavy atom. The number of hydrogen-bond acceptors (Lipinski definition) is 2. The number of piperidine rings is 1. The normalized spacial score (nSPS) is 26.7. The lowest BCUT2D eigenvalue weighted by Gasteiger charge is -2.40. The molecule has 0 spiro atoms. The van der Waals surface area contributed by atoms with Crippen LogP contribution in [0.1, 0.15) is 51.0 Å². The molecule has 21 heavy (non-hydrogen) atoms. The maximum Gasteiger partial charge on any atom is 0.0642 e. The quantitative estimate of drug-likeness (QED) is 0.894. The van der Waals surface area contributed by atoms with Crippen LogP contribution in [0.5, 0.6) is 0 Å². The van der Waals surface area contributed by atoms with Gasteiger partial charge < -0.3 is 10.6 Å². The minimum absolute atomic E-state index is 0.237. The molecule has 3 atom stereocenters. The summed E-state index contributed by atoms with van der Waals surface area (Å²) in [5, 5.41) is 0.906. The highest BCUT2D eigenvalue weighted by atomic mass is 35.5. The Morgan fingerprint density at radius 1 is 1.29 bits per heavy atom. The molecule has 1 aromatic rings. The van der Waals surface area contributed by atoms with Crippen molar-refractivity contribution in [2.45, 2.75) is 64.0 Å². The molecule has 116 valence electrons. The molecule has 3 unspecified atom stereocenters. The first-order valence-electron chi connectivity index (χ1n) is 8.49. The predicted octanol–water partition coefficient (Wildman–Crippen LogP) is 4.39. The molecule has 1 heterocycles. The van der Waals surface area contributed by atoms with E-state index < -0.39 is 0 Å². The molecule has 2 nitrogen and oxygen atoms in total. The maximum absolute atomic E-state index is 6.60. The van der Waals surface area contributed by atoms with Gasteiger partial charge in [-0.2, -0.15) is 0 Å². The molecule has 3 rings (SSSR count). The van der Waals surface area contributed by atoms with Crippen molar-refractivity contribution < 1.29 is 0 Å². The SMILES string of the molecule is CCC(N)Cc1ccc(N2CCCC3CCCC32)c(Cl)c1. The fourth-order valence-electron chi connectivity index (χ4n) is 4.11. The van der Waals surface area contributed by atoms with Crippen LogP contribution in [0, 0.1) is 5.92 Å². The number of nitrogens with zero attached hydrogens (tertiary/aromatic N) is 1. The van der Waals surface area contributed by atoms with E-state index in [9.17, 15) is 0 Å². The average molecular weight is 307 g/mol. The molecule has 1 aliphatic heterocycles. The zero-order valence-electron chi connectivity index (χ0n) is 13.0. The minimum atomic E-state index is 0.237. The smallest absolute Gasteiger partial charge is 0.0642 e. The van der Waals surface area contributed by atoms with Gasteiger partial charge >= 0.3 is 0 Å². The van der Waals surface area contributed by atoms with E-state index in [-0.39, 0.29) is 6.04 Å². The van der Waals surface area contributed by atoms with Crippen LogP contribution in [-0.4, -0.2) is 18.6 Å². The highest BCUT2D eigenvalue weighted by Crippen LogP contribution is 2.41. The second-order valence-electron chi connectivity index (χ2n) is 6.75. The number of hydrogen-bond donors (Lipinski definition) is 1. The number of nitrogens with two attached hydrogens (primary N) is 1. The summed E-state index contributed by atoms with van der Waals surface area (Å²) < 4.78 is 0. The Kier molecular flexibility index (Phi) is 4.75. The summed E-state index contributed by atoms with van der Waals surface area (Å²) in [5.41, 5.74) is 8.55. The molecular formula is C18H27ClN2. The number of rotatable bonds is 4. The fourth-order valence-corrected chi connectivity index (χ4v) is 4.42. The van der Waals surface area contributed by atoms with Gasteiger partial charge in [0, 0.05) is 18.6 Å². The molecule has 0 radical (unpaired) electrons. The molecule has 2 N–H and O–H groups in total. The van der Waals surface area contributed by atoms with Gasteiger partial charge in [-0.15, -0.1) is 0 Å². The molecule has 1 aliphatic carbocycles. The van der Waals surface area contributed by atoms with Crippen LogP contribution in [0.25, 0.3) is 0 Å². The maximum atomic E-state index is 6.60. The number of benzene rings is 1. The van der Waals surface area contributed by atoms with Gasteiger partial charge in [-0.25, -0.2) is 0 Å². The molecule has 2 fully saturated rings. The molecule has 1 saturated heterocycles. The van der Waals surface area contributed by atoms with Crippen LogP contribution >= 0.6 is 11.6 Å². The molecule has 1 saturated carbocycles. The lowest BCUT2D eigenvalue weighted by molar-refractivity contribution is 0.362. The largest absolute Gasteiger partial charge is 0.367 e. The number of halogens is 1. The van der Waals surface area contributed by atoms with E-state index in [0.717, 1.165) is 36.4 Å². The Balaban J connectivity index is 1.78. The van der Waals surface area contributed by atoms with Gasteiger partial charge in [0.2, 0.25) is 0 Å². The van der Waals surface area contributed by atoms with Gasteiger partial charge in [-0.05, 0) is 62.1 Å². The summed E-state index contributed by atoms with van der Waals surface area (Å²) in [7, 11) is 0. The van der Waals surface area contributed by atoms with Gasteiger partial charge in [0.1, 0.15) is 0 Å². The lowest BCUT2D eigenvalue weighted by Crippen LogP contribution is -2.42. The Morgan fingerprint density at radius 3 is 2.86 bits per heavy atom. The summed E-state index contributed by atoms with van der Waals surface area (Å²) >= 11 is 6.60. The van der Waals surface area contributed by atoms with E-state index in [0.29, 0.717) is 0 Å². The summed E-state index contributed by atoms with van der Waals surface area (Å²) in [5.74, 6) is 0.892. The van der Waals surface area contributed by atoms with Crippen LogP contribution in [-0.2, 0) is 6.42 Å². The van der Waals surface area contributed by atoms with Crippen molar-refractivity contribution in [1.82, 2.24) is 0 Å². The van der Waals surface area contributed by atoms with Gasteiger partial charge in [0.25, 0.3) is 0 Å². The molecule has 2 aliphatic rings. The van der Waals surface area contributed by atoms with Crippen molar-refractivity contribution >= 4 is 17.3 Å². The van der Waals surface area contributed by atoms with E-state index >= 15 is 0 Å². The highest BCUT2D eigenvalue weighted by Gasteiger charge is 2.35. The first-order chi connectivity index (χ1) is 10.2. The summed E-state index contributed by atoms with van der Waals surface area (Å²) in [6.45, 7) is 3.29. The lowest BCUT2D eigenvalue weighted by atomic mass is 9.91. The van der Waals surface area contributed by atoms with E-state index in [1.165, 1.54) is 43.4 Å². The van der Waals surface area contributed by atoms with Crippen molar-refractivity contribution in [3.05, 3.63) is 28.8 Å². The monoisotopic (exact) mass is 306 g/mol. The zero-order valence-corrected chi connectivity index (χ0v) is 13.8. The van der Waals surface area contributed by atoms with Crippen molar-refractivity contribution in [2.75, 3.05) is 11.4 Å². The van der Waals surface area contributed by atoms with E-state index in [1.807, 2.05) is 0 Å². The molecule has 1 aromatic carbocycles. The summed E-state index contributed by atoms with van der Waals surface area (Å²) in [6, 6.07) is 7.53. The topological polar surface area (TPSA) is 29.3 Å². The van der Waals surface area contributed by atoms with Crippen molar-refractivity contribution in [2.24, 2.45) is 11.7 Å². The Bertz CT molecular complexity index is 488. The van der Waals surface area contributed by atoms with Crippen LogP contribution in [0.3, 0.4) is 0 Å². The van der Waals surface area contributed by atoms with Gasteiger partial charge in [-0.3, -0.25) is 0 Å². The fraction of sp³-hybridized carbons (Fsp3) is 0.667. The van der Waals surface area contributed by atoms with Gasteiger partial charge in [-0.1, -0.05) is 31.0 Å². The number of fused-ring (bicyclic) bond motifs is 1. The Labute approximate surface area is 133 Å². The zero-order chi connectivity index (χ0) is 14.8. The first-order valence-corrected chi connectivity index (χ1v) is 8.87. The van der Waals surface area contributed by atoms with Crippen LogP contribution in [0.2, 0.25) is 5.02 Å². The highest BCUT2D eigenvalue weighted by molar-refractivity contribution is 6.33. The third-order valence-electron chi connectivity index (χ3n) is 5.34. The molecule has 0 amide bonds.